The summed E-state index contributed by atoms with van der Waals surface area (Å²) in [5.74, 6) is 0. The first kappa shape index (κ1) is 11.4. The third kappa shape index (κ3) is 2.29. The van der Waals surface area contributed by atoms with Crippen molar-refractivity contribution in [2.45, 2.75) is 25.8 Å². The fraction of sp³-hybridized carbons (Fsp3) is 0.429. The maximum Gasteiger partial charge on any atom is 0.258 e. The van der Waals surface area contributed by atoms with Crippen molar-refractivity contribution in [3.8, 4) is 0 Å². The van der Waals surface area contributed by atoms with Gasteiger partial charge in [0, 0.05) is 18.8 Å². The van der Waals surface area contributed by atoms with Gasteiger partial charge in [-0.05, 0) is 38.1 Å². The van der Waals surface area contributed by atoms with Crippen LogP contribution in [0.5, 0.6) is 0 Å². The molecule has 0 unspecified atom stereocenters. The summed E-state index contributed by atoms with van der Waals surface area (Å²) in [5.41, 5.74) is 1.62. The van der Waals surface area contributed by atoms with Crippen LogP contribution in [0, 0.1) is 0 Å². The molecule has 3 heterocycles. The van der Waals surface area contributed by atoms with Crippen molar-refractivity contribution in [1.82, 2.24) is 14.3 Å². The van der Waals surface area contributed by atoms with Crippen LogP contribution >= 0.6 is 0 Å². The molecule has 4 nitrogen and oxygen atoms in total. The highest BCUT2D eigenvalue weighted by atomic mass is 16.1. The van der Waals surface area contributed by atoms with Gasteiger partial charge in [-0.15, -0.1) is 0 Å². The molecule has 2 aromatic heterocycles. The lowest BCUT2D eigenvalue weighted by Gasteiger charge is -2.25. The van der Waals surface area contributed by atoms with E-state index in [2.05, 4.69) is 9.88 Å². The second kappa shape index (κ2) is 4.90. The van der Waals surface area contributed by atoms with Gasteiger partial charge in [0.25, 0.3) is 5.56 Å². The fourth-order valence-electron chi connectivity index (χ4n) is 2.53. The fourth-order valence-corrected chi connectivity index (χ4v) is 2.53. The molecule has 1 aliphatic heterocycles. The third-order valence-electron chi connectivity index (χ3n) is 3.46. The average Bonchev–Trinajstić information content (AvgIpc) is 2.40. The van der Waals surface area contributed by atoms with Gasteiger partial charge >= 0.3 is 0 Å². The number of aromatic nitrogens is 2. The Labute approximate surface area is 106 Å². The molecule has 0 N–H and O–H groups in total. The molecule has 0 spiro atoms. The first-order valence-electron chi connectivity index (χ1n) is 6.53. The summed E-state index contributed by atoms with van der Waals surface area (Å²) >= 11 is 0. The van der Waals surface area contributed by atoms with Crippen LogP contribution < -0.4 is 5.56 Å². The van der Waals surface area contributed by atoms with E-state index < -0.39 is 0 Å². The predicted molar refractivity (Wildman–Crippen MR) is 70.6 cm³/mol. The highest BCUT2D eigenvalue weighted by Gasteiger charge is 2.12. The Hall–Kier alpha value is -1.68. The zero-order valence-electron chi connectivity index (χ0n) is 10.4. The van der Waals surface area contributed by atoms with Gasteiger partial charge in [-0.3, -0.25) is 14.1 Å². The second-order valence-corrected chi connectivity index (χ2v) is 4.85. The van der Waals surface area contributed by atoms with Crippen LogP contribution in [0.15, 0.2) is 35.3 Å². The first-order chi connectivity index (χ1) is 8.83. The van der Waals surface area contributed by atoms with Gasteiger partial charge in [0.1, 0.15) is 5.65 Å². The van der Waals surface area contributed by atoms with E-state index in [1.807, 2.05) is 18.2 Å². The summed E-state index contributed by atoms with van der Waals surface area (Å²) in [6.45, 7) is 3.03. The van der Waals surface area contributed by atoms with Crippen LogP contribution in [0.3, 0.4) is 0 Å². The number of rotatable bonds is 2. The van der Waals surface area contributed by atoms with E-state index in [1.54, 1.807) is 16.7 Å². The van der Waals surface area contributed by atoms with Crippen molar-refractivity contribution < 1.29 is 0 Å². The van der Waals surface area contributed by atoms with Gasteiger partial charge in [0.15, 0.2) is 0 Å². The molecule has 4 heteroatoms. The van der Waals surface area contributed by atoms with Crippen LogP contribution in [0.2, 0.25) is 0 Å². The lowest BCUT2D eigenvalue weighted by Crippen LogP contribution is -2.30. The van der Waals surface area contributed by atoms with E-state index in [9.17, 15) is 4.79 Å². The summed E-state index contributed by atoms with van der Waals surface area (Å²) in [6.07, 6.45) is 5.60. The maximum atomic E-state index is 11.9. The molecule has 0 amide bonds. The smallest absolute Gasteiger partial charge is 0.258 e. The zero-order chi connectivity index (χ0) is 12.4. The largest absolute Gasteiger partial charge is 0.298 e. The Bertz CT molecular complexity index is 599. The minimum Gasteiger partial charge on any atom is -0.298 e. The normalized spacial score (nSPS) is 17.1. The minimum atomic E-state index is 0.00705. The summed E-state index contributed by atoms with van der Waals surface area (Å²) in [4.78, 5) is 18.9. The first-order valence-corrected chi connectivity index (χ1v) is 6.53. The molecule has 0 saturated carbocycles. The van der Waals surface area contributed by atoms with Crippen molar-refractivity contribution >= 4 is 5.65 Å². The van der Waals surface area contributed by atoms with Crippen LogP contribution in [0.4, 0.5) is 0 Å². The number of piperidine rings is 1. The third-order valence-corrected chi connectivity index (χ3v) is 3.46. The number of hydrogen-bond acceptors (Lipinski definition) is 3. The van der Waals surface area contributed by atoms with Gasteiger partial charge in [0.2, 0.25) is 0 Å². The molecule has 3 rings (SSSR count). The Morgan fingerprint density at radius 1 is 1.17 bits per heavy atom. The Morgan fingerprint density at radius 2 is 2.00 bits per heavy atom. The van der Waals surface area contributed by atoms with E-state index in [4.69, 9.17) is 0 Å². The number of nitrogens with zero attached hydrogens (tertiary/aromatic N) is 3. The lowest BCUT2D eigenvalue weighted by atomic mass is 10.1. The standard InChI is InChI=1S/C14H17N3O/c18-14-10-12(11-16-7-3-1-4-8-16)15-13-6-2-5-9-17(13)14/h2,5-6,9-10H,1,3-4,7-8,11H2. The molecule has 0 radical (unpaired) electrons. The highest BCUT2D eigenvalue weighted by Crippen LogP contribution is 2.11. The SMILES string of the molecule is O=c1cc(CN2CCCCC2)nc2ccccn12. The van der Waals surface area contributed by atoms with E-state index in [0.717, 1.165) is 31.0 Å². The molecular formula is C14H17N3O. The van der Waals surface area contributed by atoms with Gasteiger partial charge in [0.05, 0.1) is 5.69 Å². The Balaban J connectivity index is 1.90. The summed E-state index contributed by atoms with van der Waals surface area (Å²) in [7, 11) is 0. The molecule has 18 heavy (non-hydrogen) atoms. The van der Waals surface area contributed by atoms with Gasteiger partial charge in [-0.1, -0.05) is 12.5 Å². The topological polar surface area (TPSA) is 37.6 Å². The molecule has 2 aromatic rings. The molecule has 0 aliphatic carbocycles. The van der Waals surface area contributed by atoms with Crippen LogP contribution in [-0.2, 0) is 6.54 Å². The number of hydrogen-bond donors (Lipinski definition) is 0. The quantitative estimate of drug-likeness (QED) is 0.805. The summed E-state index contributed by atoms with van der Waals surface area (Å²) in [5, 5.41) is 0. The molecule has 94 valence electrons. The Morgan fingerprint density at radius 3 is 2.83 bits per heavy atom. The minimum absolute atomic E-state index is 0.00705. The zero-order valence-corrected chi connectivity index (χ0v) is 10.4. The molecule has 0 atom stereocenters. The highest BCUT2D eigenvalue weighted by molar-refractivity contribution is 5.37. The average molecular weight is 243 g/mol. The van der Waals surface area contributed by atoms with Crippen LogP contribution in [-0.4, -0.2) is 27.4 Å². The predicted octanol–water partition coefficient (Wildman–Crippen LogP) is 1.68. The molecule has 1 fully saturated rings. The van der Waals surface area contributed by atoms with E-state index >= 15 is 0 Å². The molecule has 0 aromatic carbocycles. The van der Waals surface area contributed by atoms with Gasteiger partial charge < -0.3 is 0 Å². The Kier molecular flexibility index (Phi) is 3.11. The van der Waals surface area contributed by atoms with Crippen molar-refractivity contribution in [2.24, 2.45) is 0 Å². The molecule has 1 saturated heterocycles. The van der Waals surface area contributed by atoms with Crippen molar-refractivity contribution in [3.05, 3.63) is 46.5 Å². The van der Waals surface area contributed by atoms with Gasteiger partial charge in [-0.2, -0.15) is 0 Å². The number of fused-ring (bicyclic) bond motifs is 1. The lowest BCUT2D eigenvalue weighted by molar-refractivity contribution is 0.218. The number of likely N-dealkylation sites (tertiary alicyclic amines) is 1. The monoisotopic (exact) mass is 243 g/mol. The van der Waals surface area contributed by atoms with Crippen LogP contribution in [0.25, 0.3) is 5.65 Å². The number of pyridine rings is 1. The maximum absolute atomic E-state index is 11.9. The van der Waals surface area contributed by atoms with Crippen molar-refractivity contribution in [1.29, 1.82) is 0 Å². The van der Waals surface area contributed by atoms with E-state index in [0.29, 0.717) is 0 Å². The van der Waals surface area contributed by atoms with Crippen molar-refractivity contribution in [2.75, 3.05) is 13.1 Å². The van der Waals surface area contributed by atoms with E-state index in [1.165, 1.54) is 19.3 Å². The summed E-state index contributed by atoms with van der Waals surface area (Å²) in [6, 6.07) is 7.29. The molecule has 0 bridgehead atoms. The van der Waals surface area contributed by atoms with Crippen LogP contribution in [0.1, 0.15) is 25.0 Å². The van der Waals surface area contributed by atoms with Crippen molar-refractivity contribution in [3.63, 3.8) is 0 Å². The second-order valence-electron chi connectivity index (χ2n) is 4.85. The van der Waals surface area contributed by atoms with E-state index in [-0.39, 0.29) is 5.56 Å². The molecule has 1 aliphatic rings. The summed E-state index contributed by atoms with van der Waals surface area (Å²) < 4.78 is 1.58. The molecular weight excluding hydrogens is 226 g/mol. The van der Waals surface area contributed by atoms with Gasteiger partial charge in [-0.25, -0.2) is 4.98 Å².